The third kappa shape index (κ3) is 3.76. The molecule has 25 heavy (non-hydrogen) atoms. The van der Waals surface area contributed by atoms with Crippen molar-refractivity contribution < 1.29 is 13.9 Å². The first-order valence-corrected chi connectivity index (χ1v) is 7.97. The molecular weight excluding hydrogens is 323 g/mol. The van der Waals surface area contributed by atoms with E-state index in [9.17, 15) is 9.18 Å². The van der Waals surface area contributed by atoms with Gasteiger partial charge in [0.05, 0.1) is 30.5 Å². The minimum atomic E-state index is -0.523. The van der Waals surface area contributed by atoms with Gasteiger partial charge in [0.25, 0.3) is 5.91 Å². The zero-order valence-corrected chi connectivity index (χ0v) is 14.0. The van der Waals surface area contributed by atoms with Crippen LogP contribution >= 0.6 is 0 Å². The van der Waals surface area contributed by atoms with Crippen LogP contribution in [0.25, 0.3) is 0 Å². The fourth-order valence-corrected chi connectivity index (χ4v) is 2.61. The number of ether oxygens (including phenoxy) is 1. The zero-order chi connectivity index (χ0) is 17.8. The van der Waals surface area contributed by atoms with Crippen molar-refractivity contribution in [1.82, 2.24) is 19.7 Å². The first kappa shape index (κ1) is 16.9. The van der Waals surface area contributed by atoms with E-state index in [1.54, 1.807) is 11.0 Å². The van der Waals surface area contributed by atoms with Crippen LogP contribution in [0.3, 0.4) is 0 Å². The summed E-state index contributed by atoms with van der Waals surface area (Å²) in [5.74, 6) is -0.256. The quantitative estimate of drug-likeness (QED) is 0.784. The summed E-state index contributed by atoms with van der Waals surface area (Å²) in [4.78, 5) is 17.9. The van der Waals surface area contributed by atoms with Gasteiger partial charge < -0.3 is 9.64 Å². The topological polar surface area (TPSA) is 60.2 Å². The molecule has 1 aliphatic heterocycles. The van der Waals surface area contributed by atoms with Gasteiger partial charge >= 0.3 is 0 Å². The monoisotopic (exact) mass is 342 g/mol. The molecule has 6 nitrogen and oxygen atoms in total. The van der Waals surface area contributed by atoms with E-state index in [4.69, 9.17) is 4.74 Å². The van der Waals surface area contributed by atoms with Gasteiger partial charge in [0.15, 0.2) is 0 Å². The molecule has 0 fully saturated rings. The maximum atomic E-state index is 13.3. The highest BCUT2D eigenvalue weighted by molar-refractivity contribution is 5.93. The van der Waals surface area contributed by atoms with Crippen molar-refractivity contribution in [1.29, 1.82) is 0 Å². The number of nitrogens with zero attached hydrogens (tertiary/aromatic N) is 4. The third-order valence-electron chi connectivity index (χ3n) is 4.03. The number of hydrogen-bond acceptors (Lipinski definition) is 4. The fourth-order valence-electron chi connectivity index (χ4n) is 2.61. The third-order valence-corrected chi connectivity index (χ3v) is 4.03. The summed E-state index contributed by atoms with van der Waals surface area (Å²) >= 11 is 0. The molecule has 130 valence electrons. The van der Waals surface area contributed by atoms with Gasteiger partial charge in [0.1, 0.15) is 12.4 Å². The number of halogens is 1. The predicted octanol–water partition coefficient (Wildman–Crippen LogP) is 2.58. The number of carbonyl (C=O) groups excluding carboxylic acids is 1. The van der Waals surface area contributed by atoms with Gasteiger partial charge in [-0.15, -0.1) is 5.10 Å². The average molecular weight is 342 g/mol. The van der Waals surface area contributed by atoms with Crippen LogP contribution in [-0.4, -0.2) is 38.7 Å². The number of rotatable bonds is 5. The number of allylic oxidation sites excluding steroid dienone is 1. The Balaban J connectivity index is 1.69. The van der Waals surface area contributed by atoms with Crippen molar-refractivity contribution in [3.8, 4) is 5.88 Å². The van der Waals surface area contributed by atoms with Crippen LogP contribution in [0.15, 0.2) is 48.8 Å². The Labute approximate surface area is 145 Å². The Kier molecular flexibility index (Phi) is 4.92. The molecule has 0 unspecified atom stereocenters. The van der Waals surface area contributed by atoms with Crippen LogP contribution in [0.4, 0.5) is 4.39 Å². The van der Waals surface area contributed by atoms with Crippen molar-refractivity contribution in [2.45, 2.75) is 20.0 Å². The second-order valence-electron chi connectivity index (χ2n) is 5.67. The van der Waals surface area contributed by atoms with E-state index in [1.165, 1.54) is 12.3 Å². The zero-order valence-electron chi connectivity index (χ0n) is 14.0. The van der Waals surface area contributed by atoms with Gasteiger partial charge in [-0.1, -0.05) is 18.7 Å². The Hall–Kier alpha value is -2.96. The molecule has 1 aliphatic rings. The molecule has 0 aromatic carbocycles. The van der Waals surface area contributed by atoms with E-state index in [-0.39, 0.29) is 11.5 Å². The molecular formula is C18H19FN4O2. The number of hydrogen-bond donors (Lipinski definition) is 0. The van der Waals surface area contributed by atoms with E-state index in [0.29, 0.717) is 32.1 Å². The molecule has 0 bridgehead atoms. The van der Waals surface area contributed by atoms with Crippen molar-refractivity contribution in [3.63, 3.8) is 0 Å². The second kappa shape index (κ2) is 7.29. The lowest BCUT2D eigenvalue weighted by molar-refractivity contribution is 0.0705. The van der Waals surface area contributed by atoms with Crippen molar-refractivity contribution in [2.24, 2.45) is 0 Å². The second-order valence-corrected chi connectivity index (χ2v) is 5.67. The minimum absolute atomic E-state index is 0.244. The van der Waals surface area contributed by atoms with Crippen LogP contribution in [0.2, 0.25) is 0 Å². The summed E-state index contributed by atoms with van der Waals surface area (Å²) in [5.41, 5.74) is 2.09. The summed E-state index contributed by atoms with van der Waals surface area (Å²) in [6.07, 6.45) is 6.12. The van der Waals surface area contributed by atoms with Gasteiger partial charge in [-0.3, -0.25) is 14.5 Å². The Morgan fingerprint density at radius 2 is 2.24 bits per heavy atom. The van der Waals surface area contributed by atoms with Gasteiger partial charge in [-0.25, -0.2) is 4.39 Å². The molecule has 3 heterocycles. The highest BCUT2D eigenvalue weighted by Gasteiger charge is 2.24. The first-order valence-electron chi connectivity index (χ1n) is 7.97. The lowest BCUT2D eigenvalue weighted by Crippen LogP contribution is -2.38. The lowest BCUT2D eigenvalue weighted by atomic mass is 10.2. The molecule has 0 aliphatic carbocycles. The SMILES string of the molecule is C=C/C(=C\C)COc1cc2n(n1)CCN(C(=O)c1cncc(F)c1)C2. The van der Waals surface area contributed by atoms with Crippen LogP contribution in [0.1, 0.15) is 23.0 Å². The number of carbonyl (C=O) groups is 1. The summed E-state index contributed by atoms with van der Waals surface area (Å²) in [6, 6.07) is 3.02. The number of aromatic nitrogens is 3. The fraction of sp³-hybridized carbons (Fsp3) is 0.278. The molecule has 0 N–H and O–H groups in total. The van der Waals surface area contributed by atoms with Crippen molar-refractivity contribution in [2.75, 3.05) is 13.2 Å². The highest BCUT2D eigenvalue weighted by atomic mass is 19.1. The minimum Gasteiger partial charge on any atom is -0.472 e. The molecule has 0 spiro atoms. The lowest BCUT2D eigenvalue weighted by Gasteiger charge is -2.27. The van der Waals surface area contributed by atoms with Crippen LogP contribution in [0.5, 0.6) is 5.88 Å². The standard InChI is InChI=1S/C18H19FN4O2/c1-3-13(4-2)12-25-17-8-16-11-22(5-6-23(16)21-17)18(24)14-7-15(19)10-20-9-14/h3-4,7-10H,1,5-6,11-12H2,2H3/b13-4+. The summed E-state index contributed by atoms with van der Waals surface area (Å²) < 4.78 is 20.8. The van der Waals surface area contributed by atoms with Gasteiger partial charge in [0.2, 0.25) is 5.88 Å². The van der Waals surface area contributed by atoms with Gasteiger partial charge in [-0.2, -0.15) is 0 Å². The molecule has 1 amide bonds. The number of fused-ring (bicyclic) bond motifs is 1. The number of pyridine rings is 1. The molecule has 3 rings (SSSR count). The van der Waals surface area contributed by atoms with Crippen LogP contribution < -0.4 is 4.74 Å². The van der Waals surface area contributed by atoms with E-state index in [0.717, 1.165) is 17.5 Å². The normalized spacial score (nSPS) is 14.2. The molecule has 0 saturated heterocycles. The Morgan fingerprint density at radius 3 is 2.96 bits per heavy atom. The van der Waals surface area contributed by atoms with Gasteiger partial charge in [-0.05, 0) is 18.6 Å². The maximum Gasteiger partial charge on any atom is 0.255 e. The van der Waals surface area contributed by atoms with Crippen LogP contribution in [-0.2, 0) is 13.1 Å². The van der Waals surface area contributed by atoms with E-state index in [1.807, 2.05) is 23.7 Å². The van der Waals surface area contributed by atoms with E-state index < -0.39 is 5.82 Å². The van der Waals surface area contributed by atoms with Gasteiger partial charge in [0, 0.05) is 18.8 Å². The summed E-state index contributed by atoms with van der Waals surface area (Å²) in [6.45, 7) is 7.49. The largest absolute Gasteiger partial charge is 0.472 e. The first-order chi connectivity index (χ1) is 12.1. The summed E-state index contributed by atoms with van der Waals surface area (Å²) in [7, 11) is 0. The van der Waals surface area contributed by atoms with Crippen molar-refractivity contribution in [3.05, 3.63) is 65.9 Å². The van der Waals surface area contributed by atoms with E-state index >= 15 is 0 Å². The molecule has 2 aromatic heterocycles. The molecule has 2 aromatic rings. The number of amides is 1. The average Bonchev–Trinajstić information content (AvgIpc) is 3.04. The smallest absolute Gasteiger partial charge is 0.255 e. The van der Waals surface area contributed by atoms with Crippen molar-refractivity contribution >= 4 is 5.91 Å². The predicted molar refractivity (Wildman–Crippen MR) is 90.6 cm³/mol. The van der Waals surface area contributed by atoms with E-state index in [2.05, 4.69) is 16.7 Å². The highest BCUT2D eigenvalue weighted by Crippen LogP contribution is 2.20. The molecule has 0 atom stereocenters. The Bertz CT molecular complexity index is 828. The molecule has 0 radical (unpaired) electrons. The molecule has 7 heteroatoms. The summed E-state index contributed by atoms with van der Waals surface area (Å²) in [5, 5.41) is 4.39. The molecule has 0 saturated carbocycles. The maximum absolute atomic E-state index is 13.3. The Morgan fingerprint density at radius 1 is 1.40 bits per heavy atom. The van der Waals surface area contributed by atoms with Crippen LogP contribution in [0, 0.1) is 5.82 Å².